The van der Waals surface area contributed by atoms with Crippen LogP contribution in [0.25, 0.3) is 11.1 Å². The van der Waals surface area contributed by atoms with Crippen molar-refractivity contribution >= 4 is 30.0 Å². The molecule has 0 saturated heterocycles. The number of unbranched alkanes of at least 4 members (excludes halogenated alkanes) is 1. The van der Waals surface area contributed by atoms with Crippen LogP contribution >= 0.6 is 0 Å². The van der Waals surface area contributed by atoms with E-state index in [-0.39, 0.29) is 51.6 Å². The smallest absolute Gasteiger partial charge is 0.407 e. The van der Waals surface area contributed by atoms with Gasteiger partial charge >= 0.3 is 18.2 Å². The highest BCUT2D eigenvalue weighted by Crippen LogP contribution is 2.44. The van der Waals surface area contributed by atoms with Crippen LogP contribution in [-0.4, -0.2) is 79.6 Å². The number of hydrogen-bond acceptors (Lipinski definition) is 10. The fourth-order valence-electron chi connectivity index (χ4n) is 8.65. The molecule has 0 bridgehead atoms. The number of alkyl carbamates (subject to hydrolysis) is 2. The number of carbonyl (C=O) groups is 5. The lowest BCUT2D eigenvalue weighted by molar-refractivity contribution is -0.147. The monoisotopic (exact) mass is 950 g/mol. The minimum Gasteiger partial charge on any atom is -0.489 e. The third-order valence-electron chi connectivity index (χ3n) is 12.4. The molecule has 14 heteroatoms. The Morgan fingerprint density at radius 1 is 0.729 bits per heavy atom. The van der Waals surface area contributed by atoms with Gasteiger partial charge in [-0.15, -0.1) is 0 Å². The van der Waals surface area contributed by atoms with Gasteiger partial charge in [0.2, 0.25) is 11.8 Å². The number of allylic oxidation sites excluding steroid dienone is 2. The largest absolute Gasteiger partial charge is 0.489 e. The van der Waals surface area contributed by atoms with E-state index in [1.807, 2.05) is 127 Å². The van der Waals surface area contributed by atoms with E-state index in [0.29, 0.717) is 51.0 Å². The number of benzene rings is 5. The van der Waals surface area contributed by atoms with Crippen molar-refractivity contribution in [3.8, 4) is 16.9 Å². The molecule has 14 nitrogen and oxygen atoms in total. The molecule has 0 unspecified atom stereocenters. The molecule has 0 aromatic heterocycles. The molecule has 70 heavy (non-hydrogen) atoms. The Labute approximate surface area is 409 Å². The fourth-order valence-corrected chi connectivity index (χ4v) is 8.65. The predicted octanol–water partition coefficient (Wildman–Crippen LogP) is 8.06. The molecule has 0 fully saturated rings. The molecule has 0 radical (unpaired) electrons. The van der Waals surface area contributed by atoms with Gasteiger partial charge in [0.25, 0.3) is 0 Å². The van der Waals surface area contributed by atoms with Gasteiger partial charge in [0.1, 0.15) is 38.2 Å². The van der Waals surface area contributed by atoms with Gasteiger partial charge in [0, 0.05) is 18.9 Å². The maximum absolute atomic E-state index is 14.0. The summed E-state index contributed by atoms with van der Waals surface area (Å²) in [5.74, 6) is -1.74. The van der Waals surface area contributed by atoms with Crippen molar-refractivity contribution in [2.75, 3.05) is 26.4 Å². The zero-order chi connectivity index (χ0) is 48.9. The first kappa shape index (κ1) is 50.4. The van der Waals surface area contributed by atoms with Gasteiger partial charge in [-0.05, 0) is 96.0 Å². The predicted molar refractivity (Wildman–Crippen MR) is 264 cm³/mol. The lowest BCUT2D eigenvalue weighted by atomic mass is 9.97. The van der Waals surface area contributed by atoms with Crippen LogP contribution in [0.3, 0.4) is 0 Å². The molecule has 4 amide bonds. The first-order chi connectivity index (χ1) is 34.2. The van der Waals surface area contributed by atoms with E-state index in [0.717, 1.165) is 38.9 Å². The Balaban J connectivity index is 0.951. The molecule has 4 atom stereocenters. The average molecular weight is 951 g/mol. The highest BCUT2D eigenvalue weighted by atomic mass is 16.6. The van der Waals surface area contributed by atoms with Crippen LogP contribution in [0.4, 0.5) is 9.59 Å². The maximum Gasteiger partial charge on any atom is 0.407 e. The summed E-state index contributed by atoms with van der Waals surface area (Å²) in [6, 6.07) is 40.4. The molecule has 2 aliphatic rings. The number of ether oxygens (including phenoxy) is 4. The fraction of sp³-hybridized carbons (Fsp3) is 0.339. The molecule has 5 aromatic carbocycles. The number of cyclic esters (lactones) is 1. The molecule has 7 rings (SSSR count). The standard InChI is InChI=1S/C56H62N4O10/c61-34-44(32-39-27-29-45(30-28-39)67-35-40-16-4-1-5-17-40)58-52(62)33-42-20-8-3-9-26-51(60-56(66)70-38-50-48-24-12-10-22-46(48)47-23-11-13-25-49(47)50)54(64)68-37-43(59-53(42)63)21-14-15-31-57-55(65)69-36-41-18-6-2-7-19-41/h1-8,10-13,16-19,22-25,27-30,42-44,50-51,61H,9,14-15,20-21,26,31-38H2,(H,57,65)(H,58,62)(H,59,63)(H,60,66)/t42-,43+,44+,51+/m1/s1. The molecule has 5 N–H and O–H groups in total. The van der Waals surface area contributed by atoms with Crippen molar-refractivity contribution in [3.05, 3.63) is 173 Å². The third-order valence-corrected chi connectivity index (χ3v) is 12.4. The summed E-state index contributed by atoms with van der Waals surface area (Å²) in [6.45, 7) is 0.436. The van der Waals surface area contributed by atoms with E-state index in [2.05, 4.69) is 33.4 Å². The molecular weight excluding hydrogens is 889 g/mol. The summed E-state index contributed by atoms with van der Waals surface area (Å²) < 4.78 is 22.8. The minimum absolute atomic E-state index is 0.0708. The summed E-state index contributed by atoms with van der Waals surface area (Å²) >= 11 is 0. The average Bonchev–Trinajstić information content (AvgIpc) is 3.71. The van der Waals surface area contributed by atoms with E-state index >= 15 is 0 Å². The zero-order valence-corrected chi connectivity index (χ0v) is 39.3. The van der Waals surface area contributed by atoms with Gasteiger partial charge in [-0.25, -0.2) is 14.4 Å². The van der Waals surface area contributed by atoms with Gasteiger partial charge in [0.15, 0.2) is 0 Å². The Bertz CT molecular complexity index is 2470. The number of aliphatic hydroxyl groups excluding tert-OH is 1. The van der Waals surface area contributed by atoms with Crippen molar-refractivity contribution in [1.29, 1.82) is 0 Å². The van der Waals surface area contributed by atoms with Crippen molar-refractivity contribution in [2.45, 2.75) is 88.6 Å². The van der Waals surface area contributed by atoms with Crippen LogP contribution in [0.15, 0.2) is 146 Å². The number of esters is 1. The van der Waals surface area contributed by atoms with E-state index in [1.54, 1.807) is 6.08 Å². The van der Waals surface area contributed by atoms with Gasteiger partial charge in [-0.2, -0.15) is 0 Å². The van der Waals surface area contributed by atoms with Crippen LogP contribution in [0.5, 0.6) is 5.75 Å². The first-order valence-corrected chi connectivity index (χ1v) is 24.1. The Morgan fingerprint density at radius 3 is 2.07 bits per heavy atom. The maximum atomic E-state index is 14.0. The van der Waals surface area contributed by atoms with E-state index in [9.17, 15) is 29.1 Å². The van der Waals surface area contributed by atoms with Crippen LogP contribution < -0.4 is 26.0 Å². The number of aliphatic hydroxyl groups is 1. The van der Waals surface area contributed by atoms with Crippen LogP contribution in [0.1, 0.15) is 78.7 Å². The lowest BCUT2D eigenvalue weighted by Gasteiger charge is -2.24. The zero-order valence-electron chi connectivity index (χ0n) is 39.3. The number of hydrogen-bond donors (Lipinski definition) is 5. The Kier molecular flexibility index (Phi) is 19.0. The molecule has 0 saturated carbocycles. The second kappa shape index (κ2) is 26.3. The van der Waals surface area contributed by atoms with Crippen molar-refractivity contribution in [3.63, 3.8) is 0 Å². The van der Waals surface area contributed by atoms with Gasteiger partial charge in [0.05, 0.1) is 24.6 Å². The molecule has 0 spiro atoms. The van der Waals surface area contributed by atoms with E-state index < -0.39 is 54.0 Å². The second-order valence-electron chi connectivity index (χ2n) is 17.6. The summed E-state index contributed by atoms with van der Waals surface area (Å²) in [5.41, 5.74) is 7.11. The number of nitrogens with one attached hydrogen (secondary N) is 4. The molecular formula is C56H62N4O10. The first-order valence-electron chi connectivity index (χ1n) is 24.1. The Morgan fingerprint density at radius 2 is 1.39 bits per heavy atom. The van der Waals surface area contributed by atoms with Crippen molar-refractivity contribution in [1.82, 2.24) is 21.3 Å². The molecule has 1 aliphatic carbocycles. The van der Waals surface area contributed by atoms with Gasteiger partial charge in [-0.1, -0.05) is 133 Å². The Hall–Kier alpha value is -7.45. The number of rotatable bonds is 19. The van der Waals surface area contributed by atoms with Gasteiger partial charge in [-0.3, -0.25) is 9.59 Å². The summed E-state index contributed by atoms with van der Waals surface area (Å²) in [6.07, 6.45) is 4.72. The molecule has 366 valence electrons. The number of fused-ring (bicyclic) bond motifs is 3. The lowest BCUT2D eigenvalue weighted by Crippen LogP contribution is -2.46. The SMILES string of the molecule is O=C(C[C@H]1CC=CCC[C@H](NC(=O)OCC2c3ccccc3-c3ccccc32)C(=O)OC[C@H](CCCCNC(=O)OCc2ccccc2)NC1=O)N[C@H](CO)Cc1ccc(OCc2ccccc2)cc1. The minimum atomic E-state index is -1.04. The van der Waals surface area contributed by atoms with Crippen LogP contribution in [0.2, 0.25) is 0 Å². The second-order valence-corrected chi connectivity index (χ2v) is 17.6. The van der Waals surface area contributed by atoms with Gasteiger partial charge < -0.3 is 45.3 Å². The number of carbonyl (C=O) groups excluding carboxylic acids is 5. The summed E-state index contributed by atoms with van der Waals surface area (Å²) in [7, 11) is 0. The molecule has 5 aromatic rings. The quantitative estimate of drug-likeness (QED) is 0.0234. The summed E-state index contributed by atoms with van der Waals surface area (Å²) in [4.78, 5) is 67.0. The molecule has 1 heterocycles. The summed E-state index contributed by atoms with van der Waals surface area (Å²) in [5, 5.41) is 21.7. The number of amides is 4. The van der Waals surface area contributed by atoms with Crippen molar-refractivity contribution < 1.29 is 48.0 Å². The van der Waals surface area contributed by atoms with E-state index in [4.69, 9.17) is 18.9 Å². The van der Waals surface area contributed by atoms with Crippen LogP contribution in [0, 0.1) is 5.92 Å². The topological polar surface area (TPSA) is 191 Å². The van der Waals surface area contributed by atoms with Crippen molar-refractivity contribution in [2.24, 2.45) is 5.92 Å². The van der Waals surface area contributed by atoms with Crippen LogP contribution in [-0.2, 0) is 48.2 Å². The normalized spacial score (nSPS) is 17.4. The third kappa shape index (κ3) is 15.3. The van der Waals surface area contributed by atoms with E-state index in [1.165, 1.54) is 0 Å². The molecule has 1 aliphatic heterocycles. The highest BCUT2D eigenvalue weighted by molar-refractivity contribution is 5.86. The highest BCUT2D eigenvalue weighted by Gasteiger charge is 2.31.